The van der Waals surface area contributed by atoms with Crippen LogP contribution >= 0.6 is 0 Å². The number of para-hydroxylation sites is 2. The van der Waals surface area contributed by atoms with Gasteiger partial charge in [-0.3, -0.25) is 0 Å². The van der Waals surface area contributed by atoms with Crippen LogP contribution in [0, 0.1) is 5.92 Å². The summed E-state index contributed by atoms with van der Waals surface area (Å²) in [7, 11) is 0. The number of benzene rings is 3. The molecule has 1 heterocycles. The van der Waals surface area contributed by atoms with Crippen molar-refractivity contribution < 1.29 is 4.42 Å². The van der Waals surface area contributed by atoms with Gasteiger partial charge in [-0.05, 0) is 79.3 Å². The van der Waals surface area contributed by atoms with Gasteiger partial charge in [0.15, 0.2) is 0 Å². The minimum atomic E-state index is 0.377. The van der Waals surface area contributed by atoms with E-state index >= 15 is 0 Å². The lowest BCUT2D eigenvalue weighted by molar-refractivity contribution is 0.345. The molecular weight excluding hydrogens is 500 g/mol. The lowest BCUT2D eigenvalue weighted by atomic mass is 9.85. The smallest absolute Gasteiger partial charge is 0.218 e. The molecule has 41 heavy (non-hydrogen) atoms. The average Bonchev–Trinajstić information content (AvgIpc) is 3.02. The van der Waals surface area contributed by atoms with Crippen molar-refractivity contribution >= 4 is 29.7 Å². The van der Waals surface area contributed by atoms with E-state index in [-0.39, 0.29) is 0 Å². The second-order valence-corrected chi connectivity index (χ2v) is 11.8. The lowest BCUT2D eigenvalue weighted by Gasteiger charge is -2.25. The monoisotopic (exact) mass is 542 g/mol. The van der Waals surface area contributed by atoms with Gasteiger partial charge in [-0.1, -0.05) is 106 Å². The van der Waals surface area contributed by atoms with E-state index in [0.29, 0.717) is 6.04 Å². The molecule has 0 radical (unpaired) electrons. The highest BCUT2D eigenvalue weighted by molar-refractivity contribution is 5.76. The van der Waals surface area contributed by atoms with Crippen molar-refractivity contribution in [2.75, 3.05) is 4.90 Å². The van der Waals surface area contributed by atoms with Crippen LogP contribution in [0.25, 0.3) is 12.7 Å². The van der Waals surface area contributed by atoms with Gasteiger partial charge in [-0.2, -0.15) is 0 Å². The van der Waals surface area contributed by atoms with E-state index in [1.54, 1.807) is 0 Å². The highest BCUT2D eigenvalue weighted by Gasteiger charge is 2.18. The molecule has 2 saturated carbocycles. The Kier molecular flexibility index (Phi) is 8.80. The molecule has 0 unspecified atom stereocenters. The van der Waals surface area contributed by atoms with E-state index in [0.717, 1.165) is 51.2 Å². The summed E-state index contributed by atoms with van der Waals surface area (Å²) in [5.41, 5.74) is 7.37. The van der Waals surface area contributed by atoms with Crippen LogP contribution in [-0.4, -0.2) is 6.04 Å². The minimum Gasteiger partial charge on any atom is -0.438 e. The molecule has 2 aliphatic rings. The Morgan fingerprint density at radius 3 is 1.88 bits per heavy atom. The normalized spacial score (nSPS) is 17.6. The van der Waals surface area contributed by atoms with Gasteiger partial charge in [0.25, 0.3) is 0 Å². The number of hydrogen-bond donors (Lipinski definition) is 0. The van der Waals surface area contributed by atoms with Gasteiger partial charge in [0, 0.05) is 27.8 Å². The fourth-order valence-corrected chi connectivity index (χ4v) is 6.51. The van der Waals surface area contributed by atoms with E-state index in [9.17, 15) is 0 Å². The van der Waals surface area contributed by atoms with E-state index in [1.807, 2.05) is 0 Å². The lowest BCUT2D eigenvalue weighted by Crippen LogP contribution is -2.32. The van der Waals surface area contributed by atoms with Crippen LogP contribution in [-0.2, 0) is 6.42 Å². The second kappa shape index (κ2) is 13.2. The minimum absolute atomic E-state index is 0.377. The number of rotatable bonds is 7. The first-order chi connectivity index (χ1) is 20.2. The maximum atomic E-state index is 6.61. The van der Waals surface area contributed by atoms with Gasteiger partial charge in [0.05, 0.1) is 6.04 Å². The summed E-state index contributed by atoms with van der Waals surface area (Å²) in [6.45, 7) is 4.41. The standard InChI is InChI=1S/C38H42N2O/c1-29-26-32(27-30-14-6-2-7-15-30)38(39-33-16-8-3-9-17-33)41-37(29)28-31-22-24-36(25-23-31)40(34-18-10-4-11-19-34)35-20-12-5-13-21-35/h4-5,10-13,18-26,28,30,33H,1-3,6-9,14-17,27H2/b37-28+,39-38-. The number of hydrogen-bond acceptors (Lipinski definition) is 3. The highest BCUT2D eigenvalue weighted by atomic mass is 16.3. The molecule has 0 N–H and O–H groups in total. The van der Waals surface area contributed by atoms with Crippen molar-refractivity contribution in [1.29, 1.82) is 0 Å². The van der Waals surface area contributed by atoms with Crippen molar-refractivity contribution in [2.45, 2.75) is 76.7 Å². The number of anilines is 3. The summed E-state index contributed by atoms with van der Waals surface area (Å²) >= 11 is 0. The summed E-state index contributed by atoms with van der Waals surface area (Å²) < 4.78 is 6.61. The van der Waals surface area contributed by atoms with E-state index in [2.05, 4.69) is 109 Å². The van der Waals surface area contributed by atoms with Crippen molar-refractivity contribution in [3.05, 3.63) is 118 Å². The maximum Gasteiger partial charge on any atom is 0.218 e. The van der Waals surface area contributed by atoms with Gasteiger partial charge in [-0.15, -0.1) is 0 Å². The molecule has 0 aliphatic heterocycles. The number of nitrogens with zero attached hydrogens (tertiary/aromatic N) is 2. The van der Waals surface area contributed by atoms with E-state index in [1.165, 1.54) is 69.8 Å². The molecule has 210 valence electrons. The maximum absolute atomic E-state index is 6.61. The quantitative estimate of drug-likeness (QED) is 0.235. The zero-order valence-corrected chi connectivity index (χ0v) is 24.2. The molecule has 0 bridgehead atoms. The Bertz CT molecular complexity index is 1540. The molecule has 6 rings (SSSR count). The molecular formula is C38H42N2O. The fraction of sp³-hybridized carbons (Fsp3) is 0.342. The first kappa shape index (κ1) is 27.3. The predicted octanol–water partition coefficient (Wildman–Crippen LogP) is 8.34. The zero-order valence-electron chi connectivity index (χ0n) is 24.2. The molecule has 3 heteroatoms. The molecule has 3 aromatic carbocycles. The van der Waals surface area contributed by atoms with Crippen molar-refractivity contribution in [3.63, 3.8) is 0 Å². The van der Waals surface area contributed by atoms with E-state index in [4.69, 9.17) is 9.41 Å². The van der Waals surface area contributed by atoms with Crippen LogP contribution in [0.5, 0.6) is 0 Å². The summed E-state index contributed by atoms with van der Waals surface area (Å²) in [4.78, 5) is 7.49. The molecule has 0 atom stereocenters. The third-order valence-corrected chi connectivity index (χ3v) is 8.73. The largest absolute Gasteiger partial charge is 0.438 e. The van der Waals surface area contributed by atoms with Crippen LogP contribution in [0.4, 0.5) is 17.1 Å². The van der Waals surface area contributed by atoms with Crippen molar-refractivity contribution in [1.82, 2.24) is 0 Å². The predicted molar refractivity (Wildman–Crippen MR) is 171 cm³/mol. The first-order valence-corrected chi connectivity index (χ1v) is 15.6. The Hall–Kier alpha value is -3.85. The molecule has 3 nitrogen and oxygen atoms in total. The molecule has 0 saturated heterocycles. The summed E-state index contributed by atoms with van der Waals surface area (Å²) in [5, 5.41) is 0.942. The Morgan fingerprint density at radius 2 is 1.27 bits per heavy atom. The second-order valence-electron chi connectivity index (χ2n) is 11.8. The molecule has 0 spiro atoms. The van der Waals surface area contributed by atoms with Crippen molar-refractivity contribution in [3.8, 4) is 0 Å². The van der Waals surface area contributed by atoms with Crippen LogP contribution in [0.3, 0.4) is 0 Å². The Morgan fingerprint density at radius 1 is 0.707 bits per heavy atom. The third kappa shape index (κ3) is 6.90. The first-order valence-electron chi connectivity index (χ1n) is 15.6. The summed E-state index contributed by atoms with van der Waals surface area (Å²) in [6.07, 6.45) is 16.1. The SMILES string of the molecule is C=c1cc(CC2CCCCC2)/c(=N/C2CCCCC2)o/c1=C/c1ccc(N(c2ccccc2)c2ccccc2)cc1. The molecule has 4 aromatic rings. The molecule has 2 fully saturated rings. The molecule has 2 aliphatic carbocycles. The third-order valence-electron chi connectivity index (χ3n) is 8.73. The topological polar surface area (TPSA) is 28.7 Å². The Labute approximate surface area is 244 Å². The van der Waals surface area contributed by atoms with Gasteiger partial charge >= 0.3 is 0 Å². The van der Waals surface area contributed by atoms with Crippen LogP contribution in [0.15, 0.2) is 100 Å². The van der Waals surface area contributed by atoms with E-state index < -0.39 is 0 Å². The average molecular weight is 543 g/mol. The summed E-state index contributed by atoms with van der Waals surface area (Å²) in [5.74, 6) is 0.734. The molecule has 1 aromatic heterocycles. The summed E-state index contributed by atoms with van der Waals surface area (Å²) in [6, 6.07) is 32.3. The van der Waals surface area contributed by atoms with Gasteiger partial charge in [0.2, 0.25) is 5.55 Å². The van der Waals surface area contributed by atoms with Gasteiger partial charge in [-0.25, -0.2) is 4.99 Å². The van der Waals surface area contributed by atoms with Crippen LogP contribution < -0.4 is 21.1 Å². The highest BCUT2D eigenvalue weighted by Crippen LogP contribution is 2.34. The van der Waals surface area contributed by atoms with Crippen LogP contribution in [0.1, 0.15) is 75.3 Å². The van der Waals surface area contributed by atoms with Crippen molar-refractivity contribution in [2.24, 2.45) is 10.9 Å². The molecule has 0 amide bonds. The zero-order chi connectivity index (χ0) is 27.9. The fourth-order valence-electron chi connectivity index (χ4n) is 6.51. The Balaban J connectivity index is 1.34. The van der Waals surface area contributed by atoms with Crippen LogP contribution in [0.2, 0.25) is 0 Å². The van der Waals surface area contributed by atoms with Gasteiger partial charge in [0.1, 0.15) is 5.42 Å². The van der Waals surface area contributed by atoms with Gasteiger partial charge < -0.3 is 9.32 Å².